The van der Waals surface area contributed by atoms with Gasteiger partial charge in [-0.15, -0.1) is 12.4 Å². The summed E-state index contributed by atoms with van der Waals surface area (Å²) in [6, 6.07) is 0. The van der Waals surface area contributed by atoms with Gasteiger partial charge in [0.05, 0.1) is 6.10 Å². The lowest BCUT2D eigenvalue weighted by Crippen LogP contribution is -2.37. The minimum absolute atomic E-state index is 0. The second kappa shape index (κ2) is 3.05. The molecule has 0 radical (unpaired) electrons. The second-order valence-electron chi connectivity index (χ2n) is 2.96. The fraction of sp³-hybridized carbons (Fsp3) is 1.00. The van der Waals surface area contributed by atoms with E-state index >= 15 is 0 Å². The molecule has 0 amide bonds. The van der Waals surface area contributed by atoms with Crippen molar-refractivity contribution in [2.24, 2.45) is 0 Å². The predicted molar refractivity (Wildman–Crippen MR) is 41.1 cm³/mol. The molecule has 1 fully saturated rings. The first-order valence-electron chi connectivity index (χ1n) is 3.14. The van der Waals surface area contributed by atoms with Gasteiger partial charge in [-0.05, 0) is 14.0 Å². The molecule has 2 N–H and O–H groups in total. The molecular formula is C6H14ClNO2. The lowest BCUT2D eigenvalue weighted by molar-refractivity contribution is -0.0508. The second-order valence-corrected chi connectivity index (χ2v) is 2.96. The fourth-order valence-electron chi connectivity index (χ4n) is 1.18. The zero-order chi connectivity index (χ0) is 7.07. The molecule has 0 bridgehead atoms. The number of likely N-dealkylation sites (tertiary alicyclic amines) is 1. The van der Waals surface area contributed by atoms with Gasteiger partial charge in [-0.3, -0.25) is 4.90 Å². The van der Waals surface area contributed by atoms with E-state index in [2.05, 4.69) is 0 Å². The predicted octanol–water partition coefficient (Wildman–Crippen LogP) is -0.187. The smallest absolute Gasteiger partial charge is 0.118 e. The molecule has 0 saturated carbocycles. The number of β-amino-alcohol motifs (C(OH)–C–C–N with tert-alkyl or cyclic N) is 1. The van der Waals surface area contributed by atoms with Crippen molar-refractivity contribution >= 4 is 12.4 Å². The average Bonchev–Trinajstić information content (AvgIpc) is 1.79. The molecule has 1 rings (SSSR count). The lowest BCUT2D eigenvalue weighted by Gasteiger charge is -2.24. The minimum atomic E-state index is -0.792. The molecule has 0 aromatic rings. The summed E-state index contributed by atoms with van der Waals surface area (Å²) in [5.74, 6) is 0. The highest BCUT2D eigenvalue weighted by atomic mass is 35.5. The molecule has 1 aliphatic rings. The quantitative estimate of drug-likeness (QED) is 0.526. The molecule has 0 aromatic carbocycles. The summed E-state index contributed by atoms with van der Waals surface area (Å²) in [5, 5.41) is 18.4. The van der Waals surface area contributed by atoms with E-state index in [9.17, 15) is 5.11 Å². The van der Waals surface area contributed by atoms with Crippen LogP contribution in [0.4, 0.5) is 0 Å². The molecule has 0 unspecified atom stereocenters. The van der Waals surface area contributed by atoms with E-state index in [0.29, 0.717) is 13.0 Å². The van der Waals surface area contributed by atoms with E-state index in [0.717, 1.165) is 0 Å². The molecule has 10 heavy (non-hydrogen) atoms. The largest absolute Gasteiger partial charge is 0.392 e. The van der Waals surface area contributed by atoms with Crippen molar-refractivity contribution in [3.8, 4) is 0 Å². The number of halogens is 1. The van der Waals surface area contributed by atoms with Crippen LogP contribution in [0.15, 0.2) is 0 Å². The van der Waals surface area contributed by atoms with Gasteiger partial charge in [-0.1, -0.05) is 0 Å². The van der Waals surface area contributed by atoms with Crippen LogP contribution < -0.4 is 0 Å². The zero-order valence-corrected chi connectivity index (χ0v) is 7.06. The third-order valence-electron chi connectivity index (χ3n) is 1.93. The van der Waals surface area contributed by atoms with Crippen molar-refractivity contribution in [1.82, 2.24) is 4.90 Å². The molecule has 1 aliphatic heterocycles. The van der Waals surface area contributed by atoms with Gasteiger partial charge in [-0.2, -0.15) is 0 Å². The summed E-state index contributed by atoms with van der Waals surface area (Å²) in [7, 11) is 1.80. The number of hydrogen-bond donors (Lipinski definition) is 2. The van der Waals surface area contributed by atoms with Crippen LogP contribution in [0.5, 0.6) is 0 Å². The Hall–Kier alpha value is 0.170. The maximum Gasteiger partial charge on any atom is 0.118 e. The number of rotatable bonds is 0. The molecule has 4 heteroatoms. The maximum absolute atomic E-state index is 9.40. The van der Waals surface area contributed by atoms with E-state index in [1.807, 2.05) is 0 Å². The Morgan fingerprint density at radius 2 is 2.10 bits per heavy atom. The van der Waals surface area contributed by atoms with E-state index in [1.165, 1.54) is 0 Å². The molecule has 1 heterocycles. The highest BCUT2D eigenvalue weighted by Gasteiger charge is 2.36. The topological polar surface area (TPSA) is 43.7 Å². The van der Waals surface area contributed by atoms with Gasteiger partial charge in [0.1, 0.15) is 5.72 Å². The van der Waals surface area contributed by atoms with Crippen LogP contribution in [-0.4, -0.2) is 40.5 Å². The molecule has 62 valence electrons. The molecular weight excluding hydrogens is 154 g/mol. The first-order valence-corrected chi connectivity index (χ1v) is 3.14. The monoisotopic (exact) mass is 167 g/mol. The van der Waals surface area contributed by atoms with Gasteiger partial charge in [-0.25, -0.2) is 0 Å². The van der Waals surface area contributed by atoms with Crippen molar-refractivity contribution in [1.29, 1.82) is 0 Å². The van der Waals surface area contributed by atoms with Crippen LogP contribution in [0.2, 0.25) is 0 Å². The lowest BCUT2D eigenvalue weighted by atomic mass is 10.2. The number of nitrogens with zero attached hydrogens (tertiary/aromatic N) is 1. The molecule has 0 spiro atoms. The molecule has 0 aromatic heterocycles. The van der Waals surface area contributed by atoms with E-state index in [1.54, 1.807) is 18.9 Å². The third kappa shape index (κ3) is 1.83. The standard InChI is InChI=1S/C6H13NO2.ClH/c1-6(9)3-5(8)4-7(6)2;/h5,8-9H,3-4H2,1-2H3;1H/t5-,6+;/m1./s1. The van der Waals surface area contributed by atoms with Crippen LogP contribution in [0.1, 0.15) is 13.3 Å². The SMILES string of the molecule is CN1C[C@H](O)C[C@]1(C)O.Cl. The number of likely N-dealkylation sites (N-methyl/N-ethyl adjacent to an activating group) is 1. The number of aliphatic hydroxyl groups is 2. The summed E-state index contributed by atoms with van der Waals surface area (Å²) in [6.45, 7) is 2.29. The van der Waals surface area contributed by atoms with Crippen molar-refractivity contribution in [3.05, 3.63) is 0 Å². The van der Waals surface area contributed by atoms with Crippen LogP contribution >= 0.6 is 12.4 Å². The minimum Gasteiger partial charge on any atom is -0.392 e. The fourth-order valence-corrected chi connectivity index (χ4v) is 1.18. The van der Waals surface area contributed by atoms with Gasteiger partial charge >= 0.3 is 0 Å². The van der Waals surface area contributed by atoms with E-state index in [-0.39, 0.29) is 18.5 Å². The first-order chi connectivity index (χ1) is 4.02. The molecule has 0 aliphatic carbocycles. The van der Waals surface area contributed by atoms with Gasteiger partial charge in [0.2, 0.25) is 0 Å². The Kier molecular flexibility index (Phi) is 3.10. The van der Waals surface area contributed by atoms with Crippen LogP contribution in [0.3, 0.4) is 0 Å². The van der Waals surface area contributed by atoms with Gasteiger partial charge in [0.25, 0.3) is 0 Å². The average molecular weight is 168 g/mol. The highest BCUT2D eigenvalue weighted by Crippen LogP contribution is 2.23. The van der Waals surface area contributed by atoms with Crippen LogP contribution in [0, 0.1) is 0 Å². The molecule has 3 nitrogen and oxygen atoms in total. The normalized spacial score (nSPS) is 41.4. The van der Waals surface area contributed by atoms with Gasteiger partial charge in [0.15, 0.2) is 0 Å². The summed E-state index contributed by atoms with van der Waals surface area (Å²) < 4.78 is 0. The Bertz CT molecular complexity index is 118. The first kappa shape index (κ1) is 10.2. The van der Waals surface area contributed by atoms with Gasteiger partial charge in [0, 0.05) is 13.0 Å². The third-order valence-corrected chi connectivity index (χ3v) is 1.93. The van der Waals surface area contributed by atoms with E-state index < -0.39 is 5.72 Å². The Balaban J connectivity index is 0.000000810. The summed E-state index contributed by atoms with van der Waals surface area (Å²) in [5.41, 5.74) is -0.792. The molecule has 1 saturated heterocycles. The van der Waals surface area contributed by atoms with Gasteiger partial charge < -0.3 is 10.2 Å². The summed E-state index contributed by atoms with van der Waals surface area (Å²) >= 11 is 0. The molecule has 2 atom stereocenters. The van der Waals surface area contributed by atoms with E-state index in [4.69, 9.17) is 5.11 Å². The van der Waals surface area contributed by atoms with Crippen molar-refractivity contribution in [3.63, 3.8) is 0 Å². The zero-order valence-electron chi connectivity index (χ0n) is 6.24. The summed E-state index contributed by atoms with van der Waals surface area (Å²) in [4.78, 5) is 1.75. The van der Waals surface area contributed by atoms with Crippen molar-refractivity contribution in [2.45, 2.75) is 25.2 Å². The number of hydrogen-bond acceptors (Lipinski definition) is 3. The highest BCUT2D eigenvalue weighted by molar-refractivity contribution is 5.85. The maximum atomic E-state index is 9.40. The van der Waals surface area contributed by atoms with Crippen molar-refractivity contribution in [2.75, 3.05) is 13.6 Å². The summed E-state index contributed by atoms with van der Waals surface area (Å²) in [6.07, 6.45) is 0.105. The van der Waals surface area contributed by atoms with Crippen molar-refractivity contribution < 1.29 is 10.2 Å². The Morgan fingerprint density at radius 1 is 1.60 bits per heavy atom. The van der Waals surface area contributed by atoms with Crippen LogP contribution in [-0.2, 0) is 0 Å². The Morgan fingerprint density at radius 3 is 2.20 bits per heavy atom. The van der Waals surface area contributed by atoms with Crippen LogP contribution in [0.25, 0.3) is 0 Å². The number of aliphatic hydroxyl groups excluding tert-OH is 1. The Labute approximate surface area is 67.1 Å².